The third-order valence-electron chi connectivity index (χ3n) is 3.20. The summed E-state index contributed by atoms with van der Waals surface area (Å²) < 4.78 is 4.99. The summed E-state index contributed by atoms with van der Waals surface area (Å²) in [6.07, 6.45) is 2.19. The highest BCUT2D eigenvalue weighted by Crippen LogP contribution is 2.25. The predicted octanol–water partition coefficient (Wildman–Crippen LogP) is -0.157. The Morgan fingerprint density at radius 3 is 3.21 bits per heavy atom. The number of ether oxygens (including phenoxy) is 1. The lowest BCUT2D eigenvalue weighted by Crippen LogP contribution is -2.41. The zero-order chi connectivity index (χ0) is 9.97. The number of carbonyl (C=O) groups is 1. The van der Waals surface area contributed by atoms with E-state index in [-0.39, 0.29) is 5.92 Å². The van der Waals surface area contributed by atoms with Gasteiger partial charge in [0.05, 0.1) is 12.5 Å². The molecular weight excluding hydrogens is 180 g/mol. The lowest BCUT2D eigenvalue weighted by Gasteiger charge is -2.23. The molecule has 2 fully saturated rings. The molecule has 0 aromatic rings. The molecule has 4 heteroatoms. The number of amides is 1. The summed E-state index contributed by atoms with van der Waals surface area (Å²) in [4.78, 5) is 13.8. The molecule has 2 atom stereocenters. The van der Waals surface area contributed by atoms with Crippen LogP contribution in [0.25, 0.3) is 0 Å². The molecule has 0 aliphatic carbocycles. The molecule has 2 rings (SSSR count). The molecule has 1 amide bonds. The number of nitrogens with one attached hydrogen (secondary N) is 1. The van der Waals surface area contributed by atoms with Gasteiger partial charge in [0.15, 0.2) is 0 Å². The van der Waals surface area contributed by atoms with E-state index >= 15 is 0 Å². The minimum atomic E-state index is 0.237. The quantitative estimate of drug-likeness (QED) is 0.685. The van der Waals surface area contributed by atoms with Crippen molar-refractivity contribution < 1.29 is 9.53 Å². The summed E-state index contributed by atoms with van der Waals surface area (Å²) in [7, 11) is 1.67. The van der Waals surface area contributed by atoms with E-state index in [2.05, 4.69) is 5.32 Å². The van der Waals surface area contributed by atoms with E-state index in [0.29, 0.717) is 18.6 Å². The van der Waals surface area contributed by atoms with Gasteiger partial charge in [0.25, 0.3) is 0 Å². The molecule has 2 unspecified atom stereocenters. The summed E-state index contributed by atoms with van der Waals surface area (Å²) in [5.74, 6) is 0.555. The summed E-state index contributed by atoms with van der Waals surface area (Å²) >= 11 is 0. The van der Waals surface area contributed by atoms with Crippen LogP contribution in [0, 0.1) is 5.92 Å². The van der Waals surface area contributed by atoms with Crippen molar-refractivity contribution in [3.8, 4) is 0 Å². The highest BCUT2D eigenvalue weighted by Gasteiger charge is 2.40. The van der Waals surface area contributed by atoms with Crippen LogP contribution < -0.4 is 5.32 Å². The number of carbonyl (C=O) groups excluding carboxylic acids is 1. The van der Waals surface area contributed by atoms with Crippen LogP contribution in [0.1, 0.15) is 12.8 Å². The van der Waals surface area contributed by atoms with Crippen molar-refractivity contribution in [2.75, 3.05) is 33.4 Å². The largest absolute Gasteiger partial charge is 0.383 e. The van der Waals surface area contributed by atoms with Crippen LogP contribution in [0.2, 0.25) is 0 Å². The number of hydrogen-bond acceptors (Lipinski definition) is 3. The second-order valence-corrected chi connectivity index (χ2v) is 4.09. The maximum absolute atomic E-state index is 11.9. The number of rotatable bonds is 3. The molecule has 0 aromatic heterocycles. The molecule has 2 aliphatic heterocycles. The van der Waals surface area contributed by atoms with Gasteiger partial charge < -0.3 is 15.0 Å². The molecule has 2 heterocycles. The fourth-order valence-corrected chi connectivity index (χ4v) is 2.41. The van der Waals surface area contributed by atoms with Crippen LogP contribution in [0.3, 0.4) is 0 Å². The molecular formula is C10H18N2O2. The molecule has 2 saturated heterocycles. The van der Waals surface area contributed by atoms with Gasteiger partial charge in [-0.05, 0) is 19.4 Å². The van der Waals surface area contributed by atoms with E-state index in [0.717, 1.165) is 32.5 Å². The molecule has 14 heavy (non-hydrogen) atoms. The Hall–Kier alpha value is -0.610. The smallest absolute Gasteiger partial charge is 0.227 e. The van der Waals surface area contributed by atoms with Crippen LogP contribution in [0.4, 0.5) is 0 Å². The van der Waals surface area contributed by atoms with Gasteiger partial charge in [0, 0.05) is 26.2 Å². The molecule has 1 N–H and O–H groups in total. The van der Waals surface area contributed by atoms with Gasteiger partial charge in [-0.3, -0.25) is 4.79 Å². The number of piperidine rings is 1. The Morgan fingerprint density at radius 1 is 1.64 bits per heavy atom. The third-order valence-corrected chi connectivity index (χ3v) is 3.20. The first-order valence-electron chi connectivity index (χ1n) is 5.34. The molecule has 4 nitrogen and oxygen atoms in total. The maximum atomic E-state index is 11.9. The van der Waals surface area contributed by atoms with Crippen molar-refractivity contribution in [2.45, 2.75) is 18.9 Å². The van der Waals surface area contributed by atoms with Gasteiger partial charge >= 0.3 is 0 Å². The molecule has 0 aromatic carbocycles. The van der Waals surface area contributed by atoms with Crippen LogP contribution in [0.5, 0.6) is 0 Å². The molecule has 0 radical (unpaired) electrons. The van der Waals surface area contributed by atoms with Crippen molar-refractivity contribution in [1.82, 2.24) is 10.2 Å². The second-order valence-electron chi connectivity index (χ2n) is 4.09. The van der Waals surface area contributed by atoms with Crippen LogP contribution >= 0.6 is 0 Å². The lowest BCUT2D eigenvalue weighted by atomic mass is 9.94. The van der Waals surface area contributed by atoms with Gasteiger partial charge in [-0.15, -0.1) is 0 Å². The van der Waals surface area contributed by atoms with Crippen molar-refractivity contribution in [3.05, 3.63) is 0 Å². The van der Waals surface area contributed by atoms with Crippen LogP contribution in [-0.2, 0) is 9.53 Å². The third kappa shape index (κ3) is 1.77. The number of methoxy groups -OCH3 is 1. The minimum Gasteiger partial charge on any atom is -0.383 e. The first-order chi connectivity index (χ1) is 6.83. The second kappa shape index (κ2) is 4.28. The van der Waals surface area contributed by atoms with E-state index in [1.54, 1.807) is 7.11 Å². The number of hydrogen-bond donors (Lipinski definition) is 1. The molecule has 0 saturated carbocycles. The van der Waals surface area contributed by atoms with Gasteiger partial charge in [-0.1, -0.05) is 0 Å². The Morgan fingerprint density at radius 2 is 2.50 bits per heavy atom. The standard InChI is InChI=1S/C10H18N2O2/c1-14-6-5-12-7-9-8(10(12)13)3-2-4-11-9/h8-9,11H,2-7H2,1H3. The fourth-order valence-electron chi connectivity index (χ4n) is 2.41. The van der Waals surface area contributed by atoms with Crippen LogP contribution in [0.15, 0.2) is 0 Å². The Bertz CT molecular complexity index is 220. The Balaban J connectivity index is 1.92. The van der Waals surface area contributed by atoms with Gasteiger partial charge in [-0.25, -0.2) is 0 Å². The first kappa shape index (κ1) is 9.93. The van der Waals surface area contributed by atoms with E-state index in [4.69, 9.17) is 4.74 Å². The predicted molar refractivity (Wildman–Crippen MR) is 53.0 cm³/mol. The molecule has 80 valence electrons. The van der Waals surface area contributed by atoms with Crippen LogP contribution in [-0.4, -0.2) is 50.2 Å². The number of nitrogens with zero attached hydrogens (tertiary/aromatic N) is 1. The average molecular weight is 198 g/mol. The SMILES string of the molecule is COCCN1CC2NCCCC2C1=O. The zero-order valence-electron chi connectivity index (χ0n) is 8.66. The average Bonchev–Trinajstić information content (AvgIpc) is 2.54. The summed E-state index contributed by atoms with van der Waals surface area (Å²) in [5.41, 5.74) is 0. The Kier molecular flexibility index (Phi) is 3.03. The van der Waals surface area contributed by atoms with E-state index in [1.165, 1.54) is 0 Å². The Labute approximate surface area is 84.6 Å². The monoisotopic (exact) mass is 198 g/mol. The highest BCUT2D eigenvalue weighted by atomic mass is 16.5. The van der Waals surface area contributed by atoms with Crippen molar-refractivity contribution >= 4 is 5.91 Å². The normalized spacial score (nSPS) is 32.1. The maximum Gasteiger partial charge on any atom is 0.227 e. The minimum absolute atomic E-state index is 0.237. The summed E-state index contributed by atoms with van der Waals surface area (Å²) in [6.45, 7) is 3.31. The van der Waals surface area contributed by atoms with Gasteiger partial charge in [0.1, 0.15) is 0 Å². The molecule has 2 aliphatic rings. The number of likely N-dealkylation sites (tertiary alicyclic amines) is 1. The zero-order valence-corrected chi connectivity index (χ0v) is 8.66. The van der Waals surface area contributed by atoms with Crippen molar-refractivity contribution in [1.29, 1.82) is 0 Å². The molecule has 0 bridgehead atoms. The number of fused-ring (bicyclic) bond motifs is 1. The summed E-state index contributed by atoms with van der Waals surface area (Å²) in [6, 6.07) is 0.396. The van der Waals surface area contributed by atoms with Gasteiger partial charge in [-0.2, -0.15) is 0 Å². The van der Waals surface area contributed by atoms with Crippen molar-refractivity contribution in [3.63, 3.8) is 0 Å². The van der Waals surface area contributed by atoms with E-state index in [1.807, 2.05) is 4.90 Å². The topological polar surface area (TPSA) is 41.6 Å². The first-order valence-corrected chi connectivity index (χ1v) is 5.34. The highest BCUT2D eigenvalue weighted by molar-refractivity contribution is 5.82. The van der Waals surface area contributed by atoms with Crippen molar-refractivity contribution in [2.24, 2.45) is 5.92 Å². The fraction of sp³-hybridized carbons (Fsp3) is 0.900. The molecule has 0 spiro atoms. The van der Waals surface area contributed by atoms with E-state index < -0.39 is 0 Å². The van der Waals surface area contributed by atoms with E-state index in [9.17, 15) is 4.79 Å². The van der Waals surface area contributed by atoms with Gasteiger partial charge in [0.2, 0.25) is 5.91 Å². The summed E-state index contributed by atoms with van der Waals surface area (Å²) in [5, 5.41) is 3.41. The lowest BCUT2D eigenvalue weighted by molar-refractivity contribution is -0.131.